The van der Waals surface area contributed by atoms with E-state index in [1.165, 1.54) is 12.1 Å². The van der Waals surface area contributed by atoms with E-state index in [-0.39, 0.29) is 21.4 Å². The number of hydrogen-bond donors (Lipinski definition) is 2. The van der Waals surface area contributed by atoms with Crippen molar-refractivity contribution in [3.8, 4) is 0 Å². The molecule has 0 aromatic heterocycles. The number of nitrogens with one attached hydrogen (secondary N) is 2. The molecule has 2 N–H and O–H groups in total. The summed E-state index contributed by atoms with van der Waals surface area (Å²) in [5, 5.41) is 0.856. The molecule has 25 heavy (non-hydrogen) atoms. The van der Waals surface area contributed by atoms with E-state index in [1.54, 1.807) is 12.3 Å². The quantitative estimate of drug-likeness (QED) is 0.579. The molecule has 2 aromatic carbocycles. The van der Waals surface area contributed by atoms with E-state index >= 15 is 0 Å². The molecule has 1 heterocycles. The summed E-state index contributed by atoms with van der Waals surface area (Å²) >= 11 is 21.8. The fraction of sp³-hybridized carbons (Fsp3) is 0.0556. The van der Waals surface area contributed by atoms with E-state index in [9.17, 15) is 4.79 Å². The highest BCUT2D eigenvalue weighted by molar-refractivity contribution is 9.10. The van der Waals surface area contributed by atoms with Crippen LogP contribution in [-0.2, 0) is 6.42 Å². The van der Waals surface area contributed by atoms with Crippen LogP contribution in [0.2, 0.25) is 15.1 Å². The van der Waals surface area contributed by atoms with Crippen molar-refractivity contribution in [2.45, 2.75) is 6.42 Å². The monoisotopic (exact) mass is 456 g/mol. The summed E-state index contributed by atoms with van der Waals surface area (Å²) in [6.45, 7) is 0. The second-order valence-electron chi connectivity index (χ2n) is 5.38. The SMILES string of the molecule is O=C(c1ccc(Br)c(CC2=CC=CNN2)c1)c1c(Cl)cc(Cl)cc1Cl. The minimum Gasteiger partial charge on any atom is -0.308 e. The van der Waals surface area contributed by atoms with Crippen LogP contribution in [0.25, 0.3) is 0 Å². The lowest BCUT2D eigenvalue weighted by atomic mass is 9.99. The van der Waals surface area contributed by atoms with Gasteiger partial charge in [0, 0.05) is 33.4 Å². The number of allylic oxidation sites excluding steroid dienone is 3. The molecule has 0 saturated carbocycles. The van der Waals surface area contributed by atoms with Gasteiger partial charge < -0.3 is 10.9 Å². The zero-order valence-electron chi connectivity index (χ0n) is 12.7. The normalized spacial score (nSPS) is 13.0. The summed E-state index contributed by atoms with van der Waals surface area (Å²) in [4.78, 5) is 12.9. The number of carbonyl (C=O) groups is 1. The van der Waals surface area contributed by atoms with Gasteiger partial charge in [-0.3, -0.25) is 4.79 Å². The van der Waals surface area contributed by atoms with Gasteiger partial charge in [-0.25, -0.2) is 0 Å². The van der Waals surface area contributed by atoms with Crippen molar-refractivity contribution < 1.29 is 4.79 Å². The second-order valence-corrected chi connectivity index (χ2v) is 7.48. The van der Waals surface area contributed by atoms with Crippen molar-refractivity contribution in [3.05, 3.63) is 90.6 Å². The minimum absolute atomic E-state index is 0.234. The number of carbonyl (C=O) groups excluding carboxylic acids is 1. The van der Waals surface area contributed by atoms with E-state index in [1.807, 2.05) is 24.3 Å². The van der Waals surface area contributed by atoms with Crippen molar-refractivity contribution in [2.75, 3.05) is 0 Å². The summed E-state index contributed by atoms with van der Waals surface area (Å²) < 4.78 is 0.912. The van der Waals surface area contributed by atoms with E-state index in [2.05, 4.69) is 26.8 Å². The van der Waals surface area contributed by atoms with Crippen LogP contribution in [0.4, 0.5) is 0 Å². The van der Waals surface area contributed by atoms with Crippen molar-refractivity contribution in [1.29, 1.82) is 0 Å². The molecule has 0 aliphatic carbocycles. The van der Waals surface area contributed by atoms with Gasteiger partial charge in [0.25, 0.3) is 0 Å². The third kappa shape index (κ3) is 4.21. The van der Waals surface area contributed by atoms with Gasteiger partial charge >= 0.3 is 0 Å². The smallest absolute Gasteiger partial charge is 0.196 e. The fourth-order valence-corrected chi connectivity index (χ4v) is 3.83. The molecule has 128 valence electrons. The van der Waals surface area contributed by atoms with Crippen LogP contribution in [0.3, 0.4) is 0 Å². The van der Waals surface area contributed by atoms with Gasteiger partial charge in [0.05, 0.1) is 15.6 Å². The second kappa shape index (κ2) is 7.83. The maximum atomic E-state index is 12.9. The first-order valence-corrected chi connectivity index (χ1v) is 9.23. The Morgan fingerprint density at radius 2 is 1.80 bits per heavy atom. The van der Waals surface area contributed by atoms with E-state index < -0.39 is 0 Å². The average Bonchev–Trinajstić information content (AvgIpc) is 2.56. The zero-order valence-corrected chi connectivity index (χ0v) is 16.6. The predicted molar refractivity (Wildman–Crippen MR) is 106 cm³/mol. The third-order valence-electron chi connectivity index (χ3n) is 3.63. The fourth-order valence-electron chi connectivity index (χ4n) is 2.45. The average molecular weight is 459 g/mol. The first-order valence-electron chi connectivity index (χ1n) is 7.30. The van der Waals surface area contributed by atoms with Crippen LogP contribution < -0.4 is 10.9 Å². The van der Waals surface area contributed by atoms with Crippen LogP contribution in [-0.4, -0.2) is 5.78 Å². The van der Waals surface area contributed by atoms with Gasteiger partial charge in [-0.2, -0.15) is 0 Å². The molecule has 0 bridgehead atoms. The Morgan fingerprint density at radius 1 is 1.08 bits per heavy atom. The highest BCUT2D eigenvalue weighted by Crippen LogP contribution is 2.32. The van der Waals surface area contributed by atoms with Crippen molar-refractivity contribution in [1.82, 2.24) is 10.9 Å². The minimum atomic E-state index is -0.246. The van der Waals surface area contributed by atoms with E-state index in [0.29, 0.717) is 17.0 Å². The Hall–Kier alpha value is -1.46. The van der Waals surface area contributed by atoms with Gasteiger partial charge in [0.2, 0.25) is 0 Å². The zero-order chi connectivity index (χ0) is 18.0. The molecule has 0 atom stereocenters. The lowest BCUT2D eigenvalue weighted by Gasteiger charge is -2.15. The Morgan fingerprint density at radius 3 is 2.44 bits per heavy atom. The molecule has 7 heteroatoms. The summed E-state index contributed by atoms with van der Waals surface area (Å²) in [6, 6.07) is 8.42. The van der Waals surface area contributed by atoms with Crippen LogP contribution in [0, 0.1) is 0 Å². The number of benzene rings is 2. The molecule has 1 aliphatic heterocycles. The van der Waals surface area contributed by atoms with Crippen LogP contribution in [0.15, 0.2) is 58.9 Å². The Bertz CT molecular complexity index is 886. The number of hydrazine groups is 1. The van der Waals surface area contributed by atoms with Gasteiger partial charge in [0.15, 0.2) is 5.78 Å². The topological polar surface area (TPSA) is 41.1 Å². The lowest BCUT2D eigenvalue weighted by Crippen LogP contribution is -2.29. The van der Waals surface area contributed by atoms with Crippen LogP contribution in [0.1, 0.15) is 21.5 Å². The number of rotatable bonds is 4. The predicted octanol–water partition coefficient (Wildman–Crippen LogP) is 5.69. The molecule has 3 rings (SSSR count). The Kier molecular flexibility index (Phi) is 5.74. The number of hydrogen-bond acceptors (Lipinski definition) is 3. The van der Waals surface area contributed by atoms with Gasteiger partial charge in [-0.15, -0.1) is 0 Å². The molecule has 0 fully saturated rings. The highest BCUT2D eigenvalue weighted by atomic mass is 79.9. The third-order valence-corrected chi connectivity index (χ3v) is 5.22. The summed E-state index contributed by atoms with van der Waals surface area (Å²) in [7, 11) is 0. The Balaban J connectivity index is 1.95. The standard InChI is InChI=1S/C18H12BrCl3N2O/c19-14-4-3-10(6-11(14)7-13-2-1-5-23-24-13)18(25)17-15(21)8-12(20)9-16(17)22/h1-6,8-9,23-24H,7H2. The number of ketones is 1. The molecular formula is C18H12BrCl3N2O. The van der Waals surface area contributed by atoms with Gasteiger partial charge in [-0.05, 0) is 48.0 Å². The van der Waals surface area contributed by atoms with Crippen molar-refractivity contribution in [3.63, 3.8) is 0 Å². The first-order chi connectivity index (χ1) is 12.0. The summed E-state index contributed by atoms with van der Waals surface area (Å²) in [6.07, 6.45) is 6.29. The molecule has 0 saturated heterocycles. The number of halogens is 4. The van der Waals surface area contributed by atoms with E-state index in [0.717, 1.165) is 15.7 Å². The Labute approximate surface area is 168 Å². The van der Waals surface area contributed by atoms with Crippen LogP contribution >= 0.6 is 50.7 Å². The van der Waals surface area contributed by atoms with Crippen molar-refractivity contribution >= 4 is 56.5 Å². The molecule has 0 spiro atoms. The molecule has 3 nitrogen and oxygen atoms in total. The molecule has 0 radical (unpaired) electrons. The maximum Gasteiger partial charge on any atom is 0.196 e. The molecule has 0 unspecified atom stereocenters. The molecule has 2 aromatic rings. The highest BCUT2D eigenvalue weighted by Gasteiger charge is 2.19. The van der Waals surface area contributed by atoms with Gasteiger partial charge in [0.1, 0.15) is 0 Å². The van der Waals surface area contributed by atoms with Crippen molar-refractivity contribution in [2.24, 2.45) is 0 Å². The maximum absolute atomic E-state index is 12.9. The first kappa shape index (κ1) is 18.3. The summed E-state index contributed by atoms with van der Waals surface area (Å²) in [5.74, 6) is -0.246. The summed E-state index contributed by atoms with van der Waals surface area (Å²) in [5.41, 5.74) is 8.69. The molecule has 0 amide bonds. The molecular weight excluding hydrogens is 446 g/mol. The molecule has 1 aliphatic rings. The van der Waals surface area contributed by atoms with E-state index in [4.69, 9.17) is 34.8 Å². The largest absolute Gasteiger partial charge is 0.308 e. The van der Waals surface area contributed by atoms with Gasteiger partial charge in [-0.1, -0.05) is 50.7 Å². The lowest BCUT2D eigenvalue weighted by molar-refractivity contribution is 0.103. The van der Waals surface area contributed by atoms with Crippen LogP contribution in [0.5, 0.6) is 0 Å².